The van der Waals surface area contributed by atoms with Gasteiger partial charge in [-0.2, -0.15) is 0 Å². The Balaban J connectivity index is 2.21. The van der Waals surface area contributed by atoms with Gasteiger partial charge in [-0.15, -0.1) is 0 Å². The minimum absolute atomic E-state index is 0.0173. The lowest BCUT2D eigenvalue weighted by molar-refractivity contribution is 0.0610. The Morgan fingerprint density at radius 3 is 2.94 bits per heavy atom. The van der Waals surface area contributed by atoms with Crippen molar-refractivity contribution in [3.8, 4) is 0 Å². The summed E-state index contributed by atoms with van der Waals surface area (Å²) in [6.07, 6.45) is 5.14. The van der Waals surface area contributed by atoms with E-state index in [1.165, 1.54) is 12.4 Å². The van der Waals surface area contributed by atoms with Gasteiger partial charge in [0.05, 0.1) is 0 Å². The zero-order valence-electron chi connectivity index (χ0n) is 9.16. The number of esters is 1. The van der Waals surface area contributed by atoms with Crippen molar-refractivity contribution >= 4 is 12.1 Å². The van der Waals surface area contributed by atoms with Crippen molar-refractivity contribution in [3.63, 3.8) is 0 Å². The molecule has 2 N–H and O–H groups in total. The molecule has 1 heterocycles. The molecule has 0 spiro atoms. The van der Waals surface area contributed by atoms with E-state index in [-0.39, 0.29) is 5.82 Å². The van der Waals surface area contributed by atoms with Crippen molar-refractivity contribution in [1.82, 2.24) is 15.3 Å². The highest BCUT2D eigenvalue weighted by molar-refractivity contribution is 5.93. The summed E-state index contributed by atoms with van der Waals surface area (Å²) in [4.78, 5) is 28.6. The molecule has 16 heavy (non-hydrogen) atoms. The van der Waals surface area contributed by atoms with E-state index >= 15 is 0 Å². The smallest absolute Gasteiger partial charge is 0.370 e. The minimum Gasteiger partial charge on any atom is -0.370 e. The zero-order chi connectivity index (χ0) is 11.8. The van der Waals surface area contributed by atoms with E-state index in [0.29, 0.717) is 6.54 Å². The van der Waals surface area contributed by atoms with Crippen molar-refractivity contribution in [1.29, 1.82) is 0 Å². The van der Waals surface area contributed by atoms with Gasteiger partial charge < -0.3 is 15.0 Å². The maximum Gasteiger partial charge on any atom is 0.415 e. The lowest BCUT2D eigenvalue weighted by atomic mass is 10.2. The monoisotopic (exact) mass is 225 g/mol. The summed E-state index contributed by atoms with van der Waals surface area (Å²) >= 11 is 0. The van der Waals surface area contributed by atoms with Crippen LogP contribution in [-0.2, 0) is 4.74 Å². The van der Waals surface area contributed by atoms with Crippen LogP contribution < -0.4 is 5.32 Å². The lowest BCUT2D eigenvalue weighted by Gasteiger charge is -2.03. The summed E-state index contributed by atoms with van der Waals surface area (Å²) in [5.74, 6) is -0.762. The quantitative estimate of drug-likeness (QED) is 0.451. The van der Waals surface area contributed by atoms with Crippen molar-refractivity contribution < 1.29 is 14.3 Å². The number of aromatic amines is 1. The minimum atomic E-state index is -0.780. The molecule has 0 saturated heterocycles. The standard InChI is InChI=1S/C10H15N3O3/c1-2-3-4-5-13-10(15)16-9(14)8-11-6-7-12-8/h6-7H,2-5H2,1H3,(H,11,12)(H,13,15). The first-order chi connectivity index (χ1) is 7.74. The van der Waals surface area contributed by atoms with Crippen molar-refractivity contribution in [2.24, 2.45) is 0 Å². The molecule has 1 aromatic rings. The number of aromatic nitrogens is 2. The van der Waals surface area contributed by atoms with Crippen LogP contribution in [0.3, 0.4) is 0 Å². The van der Waals surface area contributed by atoms with Gasteiger partial charge in [-0.05, 0) is 6.42 Å². The predicted molar refractivity (Wildman–Crippen MR) is 56.9 cm³/mol. The van der Waals surface area contributed by atoms with Gasteiger partial charge in [-0.25, -0.2) is 14.6 Å². The number of hydrogen-bond acceptors (Lipinski definition) is 4. The van der Waals surface area contributed by atoms with Gasteiger partial charge in [0.25, 0.3) is 0 Å². The molecule has 6 heteroatoms. The molecule has 0 fully saturated rings. The van der Waals surface area contributed by atoms with Gasteiger partial charge in [0, 0.05) is 18.9 Å². The molecule has 0 aliphatic rings. The fourth-order valence-corrected chi connectivity index (χ4v) is 1.11. The second-order valence-corrected chi connectivity index (χ2v) is 3.25. The average Bonchev–Trinajstić information content (AvgIpc) is 2.77. The molecule has 1 rings (SSSR count). The Labute approximate surface area is 93.4 Å². The molecule has 0 saturated carbocycles. The molecule has 6 nitrogen and oxygen atoms in total. The normalized spacial score (nSPS) is 9.81. The van der Waals surface area contributed by atoms with Crippen LogP contribution >= 0.6 is 0 Å². The van der Waals surface area contributed by atoms with Gasteiger partial charge >= 0.3 is 12.1 Å². The largest absolute Gasteiger partial charge is 0.415 e. The second-order valence-electron chi connectivity index (χ2n) is 3.25. The number of rotatable bonds is 5. The number of alkyl carbamates (subject to hydrolysis) is 1. The van der Waals surface area contributed by atoms with Crippen LogP contribution in [0.2, 0.25) is 0 Å². The van der Waals surface area contributed by atoms with Gasteiger partial charge in [0.2, 0.25) is 5.82 Å². The Kier molecular flexibility index (Phi) is 5.04. The van der Waals surface area contributed by atoms with Crippen LogP contribution in [-0.4, -0.2) is 28.6 Å². The first kappa shape index (κ1) is 12.2. The van der Waals surface area contributed by atoms with Gasteiger partial charge in [-0.3, -0.25) is 0 Å². The highest BCUT2D eigenvalue weighted by Crippen LogP contribution is 1.94. The third-order valence-corrected chi connectivity index (χ3v) is 1.93. The predicted octanol–water partition coefficient (Wildman–Crippen LogP) is 1.47. The van der Waals surface area contributed by atoms with Gasteiger partial charge in [-0.1, -0.05) is 19.8 Å². The third kappa shape index (κ3) is 4.12. The highest BCUT2D eigenvalue weighted by Gasteiger charge is 2.13. The van der Waals surface area contributed by atoms with Crippen molar-refractivity contribution in [3.05, 3.63) is 18.2 Å². The number of imidazole rings is 1. The number of H-pyrrole nitrogens is 1. The third-order valence-electron chi connectivity index (χ3n) is 1.93. The van der Waals surface area contributed by atoms with E-state index < -0.39 is 12.1 Å². The summed E-state index contributed by atoms with van der Waals surface area (Å²) in [5.41, 5.74) is 0. The SMILES string of the molecule is CCCCCNC(=O)OC(=O)c1ncc[nH]1. The molecule has 0 aliphatic carbocycles. The maximum atomic E-state index is 11.2. The number of hydrogen-bond donors (Lipinski definition) is 2. The van der Waals surface area contributed by atoms with E-state index in [2.05, 4.69) is 26.9 Å². The highest BCUT2D eigenvalue weighted by atomic mass is 16.6. The number of carbonyl (C=O) groups is 2. The number of nitrogens with zero attached hydrogens (tertiary/aromatic N) is 1. The maximum absolute atomic E-state index is 11.2. The number of amides is 1. The number of nitrogens with one attached hydrogen (secondary N) is 2. The summed E-state index contributed by atoms with van der Waals surface area (Å²) in [7, 11) is 0. The molecule has 88 valence electrons. The fraction of sp³-hybridized carbons (Fsp3) is 0.500. The molecule has 0 radical (unpaired) electrons. The van der Waals surface area contributed by atoms with Crippen LogP contribution in [0.5, 0.6) is 0 Å². The van der Waals surface area contributed by atoms with Crippen molar-refractivity contribution in [2.45, 2.75) is 26.2 Å². The Bertz CT molecular complexity index is 335. The van der Waals surface area contributed by atoms with Crippen LogP contribution in [0.4, 0.5) is 4.79 Å². The molecule has 1 amide bonds. The molecular formula is C10H15N3O3. The lowest BCUT2D eigenvalue weighted by Crippen LogP contribution is -2.28. The molecule has 1 aromatic heterocycles. The Morgan fingerprint density at radius 1 is 1.50 bits per heavy atom. The van der Waals surface area contributed by atoms with E-state index in [0.717, 1.165) is 19.3 Å². The first-order valence-corrected chi connectivity index (χ1v) is 5.23. The Morgan fingerprint density at radius 2 is 2.31 bits per heavy atom. The summed E-state index contributed by atoms with van der Waals surface area (Å²) < 4.78 is 4.49. The molecule has 0 aliphatic heterocycles. The molecule has 0 unspecified atom stereocenters. The summed E-state index contributed by atoms with van der Waals surface area (Å²) in [6.45, 7) is 2.58. The van der Waals surface area contributed by atoms with Crippen LogP contribution in [0.25, 0.3) is 0 Å². The molecule has 0 atom stereocenters. The van der Waals surface area contributed by atoms with Gasteiger partial charge in [0.1, 0.15) is 0 Å². The molecular weight excluding hydrogens is 210 g/mol. The fourth-order valence-electron chi connectivity index (χ4n) is 1.11. The van der Waals surface area contributed by atoms with E-state index in [9.17, 15) is 9.59 Å². The number of carbonyl (C=O) groups excluding carboxylic acids is 2. The van der Waals surface area contributed by atoms with Crippen LogP contribution in [0.15, 0.2) is 12.4 Å². The van der Waals surface area contributed by atoms with E-state index in [1.54, 1.807) is 0 Å². The van der Waals surface area contributed by atoms with E-state index in [4.69, 9.17) is 0 Å². The van der Waals surface area contributed by atoms with Gasteiger partial charge in [0.15, 0.2) is 0 Å². The second kappa shape index (κ2) is 6.60. The van der Waals surface area contributed by atoms with Crippen LogP contribution in [0.1, 0.15) is 36.8 Å². The van der Waals surface area contributed by atoms with E-state index in [1.807, 2.05) is 0 Å². The Hall–Kier alpha value is -1.85. The average molecular weight is 225 g/mol. The number of unbranched alkanes of at least 4 members (excludes halogenated alkanes) is 2. The summed E-state index contributed by atoms with van der Waals surface area (Å²) in [5, 5.41) is 2.49. The zero-order valence-corrected chi connectivity index (χ0v) is 9.16. The summed E-state index contributed by atoms with van der Waals surface area (Å²) in [6, 6.07) is 0. The molecule has 0 bridgehead atoms. The van der Waals surface area contributed by atoms with Crippen LogP contribution in [0, 0.1) is 0 Å². The first-order valence-electron chi connectivity index (χ1n) is 5.23. The molecule has 0 aromatic carbocycles. The van der Waals surface area contributed by atoms with Crippen molar-refractivity contribution in [2.75, 3.05) is 6.54 Å². The topological polar surface area (TPSA) is 84.1 Å². The number of ether oxygens (including phenoxy) is 1.